The molecule has 1 amide bonds. The smallest absolute Gasteiger partial charge is 0.223 e. The van der Waals surface area contributed by atoms with Gasteiger partial charge in [-0.25, -0.2) is 0 Å². The molecule has 0 bridgehead atoms. The number of aliphatic hydroxyl groups excluding tert-OH is 1. The Bertz CT molecular complexity index is 475. The Labute approximate surface area is 128 Å². The summed E-state index contributed by atoms with van der Waals surface area (Å²) in [6.45, 7) is 1.37. The molecular formula is C14H17Cl2NO3. The molecule has 1 unspecified atom stereocenters. The van der Waals surface area contributed by atoms with Crippen molar-refractivity contribution in [2.24, 2.45) is 5.92 Å². The fraction of sp³-hybridized carbons (Fsp3) is 0.500. The first-order valence-electron chi connectivity index (χ1n) is 6.56. The van der Waals surface area contributed by atoms with Crippen LogP contribution >= 0.6 is 23.2 Å². The van der Waals surface area contributed by atoms with Gasteiger partial charge in [0.05, 0.1) is 6.10 Å². The van der Waals surface area contributed by atoms with Gasteiger partial charge in [0.2, 0.25) is 5.91 Å². The van der Waals surface area contributed by atoms with Crippen LogP contribution in [0.5, 0.6) is 0 Å². The first-order valence-corrected chi connectivity index (χ1v) is 7.32. The lowest BCUT2D eigenvalue weighted by Gasteiger charge is -2.22. The molecule has 1 aliphatic rings. The highest BCUT2D eigenvalue weighted by Gasteiger charge is 2.22. The molecule has 1 aromatic carbocycles. The average molecular weight is 318 g/mol. The van der Waals surface area contributed by atoms with Crippen LogP contribution in [0, 0.1) is 5.92 Å². The van der Waals surface area contributed by atoms with E-state index in [2.05, 4.69) is 5.32 Å². The zero-order chi connectivity index (χ0) is 14.5. The van der Waals surface area contributed by atoms with Gasteiger partial charge < -0.3 is 15.2 Å². The van der Waals surface area contributed by atoms with Crippen molar-refractivity contribution in [2.45, 2.75) is 18.9 Å². The van der Waals surface area contributed by atoms with E-state index in [9.17, 15) is 9.90 Å². The summed E-state index contributed by atoms with van der Waals surface area (Å²) in [7, 11) is 0. The van der Waals surface area contributed by atoms with Crippen molar-refractivity contribution in [3.63, 3.8) is 0 Å². The fourth-order valence-corrected chi connectivity index (χ4v) is 2.72. The first-order chi connectivity index (χ1) is 9.58. The lowest BCUT2D eigenvalue weighted by molar-refractivity contribution is -0.128. The standard InChI is InChI=1S/C14H17Cl2NO3/c15-10-1-2-11(12(16)7-10)13(18)8-17-14(19)9-3-5-20-6-4-9/h1-2,7,9,13,18H,3-6,8H2,(H,17,19). The van der Waals surface area contributed by atoms with Crippen molar-refractivity contribution in [3.8, 4) is 0 Å². The SMILES string of the molecule is O=C(NCC(O)c1ccc(Cl)cc1Cl)C1CCOCC1. The molecule has 0 saturated carbocycles. The molecule has 0 radical (unpaired) electrons. The molecule has 110 valence electrons. The van der Waals surface area contributed by atoms with Crippen LogP contribution < -0.4 is 5.32 Å². The second-order valence-electron chi connectivity index (χ2n) is 4.81. The molecule has 0 spiro atoms. The van der Waals surface area contributed by atoms with Gasteiger partial charge in [0, 0.05) is 41.3 Å². The number of hydrogen-bond donors (Lipinski definition) is 2. The van der Waals surface area contributed by atoms with Gasteiger partial charge in [-0.3, -0.25) is 4.79 Å². The lowest BCUT2D eigenvalue weighted by Crippen LogP contribution is -2.36. The zero-order valence-electron chi connectivity index (χ0n) is 10.9. The maximum absolute atomic E-state index is 11.9. The number of nitrogens with one attached hydrogen (secondary N) is 1. The molecule has 2 rings (SSSR count). The molecule has 0 aromatic heterocycles. The van der Waals surface area contributed by atoms with Gasteiger partial charge in [-0.1, -0.05) is 29.3 Å². The molecule has 1 heterocycles. The van der Waals surface area contributed by atoms with E-state index < -0.39 is 6.10 Å². The summed E-state index contributed by atoms with van der Waals surface area (Å²) in [6, 6.07) is 4.89. The van der Waals surface area contributed by atoms with Gasteiger partial charge in [-0.2, -0.15) is 0 Å². The van der Waals surface area contributed by atoms with Gasteiger partial charge in [0.15, 0.2) is 0 Å². The van der Waals surface area contributed by atoms with Crippen molar-refractivity contribution in [2.75, 3.05) is 19.8 Å². The van der Waals surface area contributed by atoms with E-state index in [4.69, 9.17) is 27.9 Å². The monoisotopic (exact) mass is 317 g/mol. The van der Waals surface area contributed by atoms with Crippen LogP contribution in [0.15, 0.2) is 18.2 Å². The van der Waals surface area contributed by atoms with E-state index in [0.717, 1.165) is 12.8 Å². The number of carbonyl (C=O) groups is 1. The van der Waals surface area contributed by atoms with Crippen molar-refractivity contribution >= 4 is 29.1 Å². The quantitative estimate of drug-likeness (QED) is 0.897. The van der Waals surface area contributed by atoms with Crippen molar-refractivity contribution in [1.29, 1.82) is 0 Å². The van der Waals surface area contributed by atoms with Crippen LogP contribution in [-0.4, -0.2) is 30.8 Å². The number of carbonyl (C=O) groups excluding carboxylic acids is 1. The lowest BCUT2D eigenvalue weighted by atomic mass is 9.99. The fourth-order valence-electron chi connectivity index (χ4n) is 2.18. The predicted octanol–water partition coefficient (Wildman–Crippen LogP) is 2.57. The summed E-state index contributed by atoms with van der Waals surface area (Å²) in [4.78, 5) is 11.9. The molecule has 1 atom stereocenters. The second-order valence-corrected chi connectivity index (χ2v) is 5.66. The Hall–Kier alpha value is -0.810. The Morgan fingerprint density at radius 3 is 2.75 bits per heavy atom. The number of rotatable bonds is 4. The summed E-state index contributed by atoms with van der Waals surface area (Å²) in [5.74, 6) is -0.0749. The van der Waals surface area contributed by atoms with Crippen molar-refractivity contribution < 1.29 is 14.6 Å². The molecule has 4 nitrogen and oxygen atoms in total. The minimum Gasteiger partial charge on any atom is -0.387 e. The van der Waals surface area contributed by atoms with Crippen LogP contribution in [0.25, 0.3) is 0 Å². The molecular weight excluding hydrogens is 301 g/mol. The summed E-state index contributed by atoms with van der Waals surface area (Å²) >= 11 is 11.8. The summed E-state index contributed by atoms with van der Waals surface area (Å²) < 4.78 is 5.21. The van der Waals surface area contributed by atoms with E-state index in [1.54, 1.807) is 18.2 Å². The average Bonchev–Trinajstić information content (AvgIpc) is 2.45. The van der Waals surface area contributed by atoms with Crippen LogP contribution in [0.4, 0.5) is 0 Å². The van der Waals surface area contributed by atoms with Gasteiger partial charge in [-0.05, 0) is 25.0 Å². The van der Waals surface area contributed by atoms with Crippen LogP contribution in [0.3, 0.4) is 0 Å². The number of ether oxygens (including phenoxy) is 1. The molecule has 1 fully saturated rings. The Morgan fingerprint density at radius 1 is 1.40 bits per heavy atom. The Morgan fingerprint density at radius 2 is 2.10 bits per heavy atom. The van der Waals surface area contributed by atoms with Gasteiger partial charge in [0.25, 0.3) is 0 Å². The predicted molar refractivity (Wildman–Crippen MR) is 78.0 cm³/mol. The van der Waals surface area contributed by atoms with Gasteiger partial charge in [0.1, 0.15) is 0 Å². The highest BCUT2D eigenvalue weighted by atomic mass is 35.5. The molecule has 1 aliphatic heterocycles. The van der Waals surface area contributed by atoms with Crippen molar-refractivity contribution in [1.82, 2.24) is 5.32 Å². The molecule has 20 heavy (non-hydrogen) atoms. The van der Waals surface area contributed by atoms with E-state index in [0.29, 0.717) is 28.8 Å². The number of aliphatic hydroxyl groups is 1. The maximum atomic E-state index is 11.9. The molecule has 1 aromatic rings. The van der Waals surface area contributed by atoms with Gasteiger partial charge >= 0.3 is 0 Å². The Balaban J connectivity index is 1.87. The topological polar surface area (TPSA) is 58.6 Å². The number of hydrogen-bond acceptors (Lipinski definition) is 3. The third-order valence-corrected chi connectivity index (χ3v) is 3.95. The summed E-state index contributed by atoms with van der Waals surface area (Å²) in [5.41, 5.74) is 0.559. The largest absolute Gasteiger partial charge is 0.387 e. The maximum Gasteiger partial charge on any atom is 0.223 e. The number of amides is 1. The highest BCUT2D eigenvalue weighted by molar-refractivity contribution is 6.35. The Kier molecular flexibility index (Phi) is 5.66. The minimum atomic E-state index is -0.844. The molecule has 2 N–H and O–H groups in total. The first kappa shape index (κ1) is 15.6. The third kappa shape index (κ3) is 4.09. The summed E-state index contributed by atoms with van der Waals surface area (Å²) in [6.07, 6.45) is 0.608. The van der Waals surface area contributed by atoms with Crippen molar-refractivity contribution in [3.05, 3.63) is 33.8 Å². The van der Waals surface area contributed by atoms with E-state index in [1.807, 2.05) is 0 Å². The zero-order valence-corrected chi connectivity index (χ0v) is 12.5. The number of benzene rings is 1. The third-order valence-electron chi connectivity index (χ3n) is 3.38. The van der Waals surface area contributed by atoms with Gasteiger partial charge in [-0.15, -0.1) is 0 Å². The van der Waals surface area contributed by atoms with E-state index in [1.165, 1.54) is 0 Å². The minimum absolute atomic E-state index is 0.0309. The van der Waals surface area contributed by atoms with Crippen LogP contribution in [0.2, 0.25) is 10.0 Å². The normalized spacial score (nSPS) is 17.8. The highest BCUT2D eigenvalue weighted by Crippen LogP contribution is 2.26. The van der Waals surface area contributed by atoms with E-state index in [-0.39, 0.29) is 18.4 Å². The summed E-state index contributed by atoms with van der Waals surface area (Å²) in [5, 5.41) is 13.7. The molecule has 0 aliphatic carbocycles. The molecule has 1 saturated heterocycles. The second kappa shape index (κ2) is 7.27. The molecule has 6 heteroatoms. The van der Waals surface area contributed by atoms with Crippen LogP contribution in [-0.2, 0) is 9.53 Å². The van der Waals surface area contributed by atoms with E-state index >= 15 is 0 Å². The van der Waals surface area contributed by atoms with Crippen LogP contribution in [0.1, 0.15) is 24.5 Å². The number of halogens is 2.